The molecule has 0 aliphatic carbocycles. The van der Waals surface area contributed by atoms with Gasteiger partial charge in [-0.3, -0.25) is 0 Å². The first-order chi connectivity index (χ1) is 8.42. The second-order valence-corrected chi connectivity index (χ2v) is 6.89. The highest BCUT2D eigenvalue weighted by molar-refractivity contribution is 4.87. The van der Waals surface area contributed by atoms with Crippen LogP contribution in [0.5, 0.6) is 0 Å². The predicted molar refractivity (Wildman–Crippen MR) is 80.9 cm³/mol. The van der Waals surface area contributed by atoms with Crippen molar-refractivity contribution < 1.29 is 0 Å². The average molecular weight is 254 g/mol. The highest BCUT2D eigenvalue weighted by atomic mass is 15.2. The Morgan fingerprint density at radius 1 is 1.11 bits per heavy atom. The molecule has 2 unspecified atom stereocenters. The Bertz CT molecular complexity index is 223. The second kappa shape index (κ2) is 6.91. The van der Waals surface area contributed by atoms with Gasteiger partial charge in [0.05, 0.1) is 0 Å². The maximum Gasteiger partial charge on any atom is 0.00502 e. The molecule has 18 heavy (non-hydrogen) atoms. The summed E-state index contributed by atoms with van der Waals surface area (Å²) in [5.74, 6) is 1.74. The molecule has 1 rings (SSSR count). The van der Waals surface area contributed by atoms with Crippen LogP contribution in [0.25, 0.3) is 0 Å². The molecular formula is C16H34N2. The summed E-state index contributed by atoms with van der Waals surface area (Å²) in [4.78, 5) is 2.70. The van der Waals surface area contributed by atoms with E-state index in [9.17, 15) is 0 Å². The lowest BCUT2D eigenvalue weighted by Gasteiger charge is -2.37. The van der Waals surface area contributed by atoms with Crippen LogP contribution >= 0.6 is 0 Å². The molecule has 108 valence electrons. The minimum Gasteiger partial charge on any atom is -0.314 e. The lowest BCUT2D eigenvalue weighted by molar-refractivity contribution is 0.147. The van der Waals surface area contributed by atoms with E-state index in [0.29, 0.717) is 11.5 Å². The third kappa shape index (κ3) is 4.24. The van der Waals surface area contributed by atoms with Gasteiger partial charge in [-0.05, 0) is 30.1 Å². The highest BCUT2D eigenvalue weighted by Gasteiger charge is 2.33. The quantitative estimate of drug-likeness (QED) is 0.749. The van der Waals surface area contributed by atoms with E-state index < -0.39 is 0 Å². The van der Waals surface area contributed by atoms with Gasteiger partial charge in [0.1, 0.15) is 0 Å². The first-order valence-electron chi connectivity index (χ1n) is 7.88. The van der Waals surface area contributed by atoms with Crippen molar-refractivity contribution in [1.29, 1.82) is 0 Å². The van der Waals surface area contributed by atoms with Gasteiger partial charge in [0, 0.05) is 32.2 Å². The molecule has 0 aromatic heterocycles. The summed E-state index contributed by atoms with van der Waals surface area (Å²) in [6, 6.07) is 0.596. The summed E-state index contributed by atoms with van der Waals surface area (Å²) in [6.45, 7) is 19.0. The molecule has 2 atom stereocenters. The fourth-order valence-electron chi connectivity index (χ4n) is 3.05. The SMILES string of the molecule is CCC(CC)(CNC(C)C)CN1CC(C)C(C)C1. The molecule has 1 heterocycles. The molecule has 2 heteroatoms. The van der Waals surface area contributed by atoms with Gasteiger partial charge < -0.3 is 10.2 Å². The zero-order valence-electron chi connectivity index (χ0n) is 13.4. The van der Waals surface area contributed by atoms with Crippen LogP contribution < -0.4 is 5.32 Å². The minimum atomic E-state index is 0.466. The van der Waals surface area contributed by atoms with Crippen molar-refractivity contribution in [2.45, 2.75) is 60.4 Å². The number of nitrogens with zero attached hydrogens (tertiary/aromatic N) is 1. The smallest absolute Gasteiger partial charge is 0.00502 e. The Balaban J connectivity index is 2.56. The Hall–Kier alpha value is -0.0800. The van der Waals surface area contributed by atoms with Crippen molar-refractivity contribution in [1.82, 2.24) is 10.2 Å². The fourth-order valence-corrected chi connectivity index (χ4v) is 3.05. The summed E-state index contributed by atoms with van der Waals surface area (Å²) >= 11 is 0. The second-order valence-electron chi connectivity index (χ2n) is 6.89. The predicted octanol–water partition coefficient (Wildman–Crippen LogP) is 3.38. The lowest BCUT2D eigenvalue weighted by atomic mass is 9.81. The standard InChI is InChI=1S/C16H34N2/c1-7-16(8-2,11-17-13(3)4)12-18-9-14(5)15(6)10-18/h13-15,17H,7-12H2,1-6H3. The van der Waals surface area contributed by atoms with Crippen molar-refractivity contribution in [3.05, 3.63) is 0 Å². The van der Waals surface area contributed by atoms with Crippen molar-refractivity contribution in [2.24, 2.45) is 17.3 Å². The Morgan fingerprint density at radius 3 is 2.00 bits per heavy atom. The van der Waals surface area contributed by atoms with Gasteiger partial charge in [0.25, 0.3) is 0 Å². The third-order valence-corrected chi connectivity index (χ3v) is 5.01. The topological polar surface area (TPSA) is 15.3 Å². The van der Waals surface area contributed by atoms with Gasteiger partial charge in [-0.2, -0.15) is 0 Å². The first-order valence-corrected chi connectivity index (χ1v) is 7.88. The minimum absolute atomic E-state index is 0.466. The van der Waals surface area contributed by atoms with Gasteiger partial charge in [-0.1, -0.05) is 41.5 Å². The van der Waals surface area contributed by atoms with E-state index >= 15 is 0 Å². The normalized spacial score (nSPS) is 26.2. The van der Waals surface area contributed by atoms with Crippen molar-refractivity contribution in [3.8, 4) is 0 Å². The molecule has 0 bridgehead atoms. The summed E-state index contributed by atoms with van der Waals surface area (Å²) < 4.78 is 0. The Morgan fingerprint density at radius 2 is 1.61 bits per heavy atom. The van der Waals surface area contributed by atoms with E-state index in [4.69, 9.17) is 0 Å². The van der Waals surface area contributed by atoms with Crippen LogP contribution in [0.1, 0.15) is 54.4 Å². The van der Waals surface area contributed by atoms with Gasteiger partial charge in [0.15, 0.2) is 0 Å². The summed E-state index contributed by atoms with van der Waals surface area (Å²) in [6.07, 6.45) is 2.56. The monoisotopic (exact) mass is 254 g/mol. The van der Waals surface area contributed by atoms with Gasteiger partial charge >= 0.3 is 0 Å². The van der Waals surface area contributed by atoms with Crippen LogP contribution in [-0.2, 0) is 0 Å². The summed E-state index contributed by atoms with van der Waals surface area (Å²) in [5.41, 5.74) is 0.466. The molecule has 1 aliphatic heterocycles. The number of hydrogen-bond acceptors (Lipinski definition) is 2. The molecule has 0 aromatic rings. The molecular weight excluding hydrogens is 220 g/mol. The van der Waals surface area contributed by atoms with E-state index in [1.165, 1.54) is 32.5 Å². The molecule has 0 spiro atoms. The van der Waals surface area contributed by atoms with Gasteiger partial charge in [-0.15, -0.1) is 0 Å². The first kappa shape index (κ1) is 16.0. The zero-order chi connectivity index (χ0) is 13.8. The molecule has 0 aromatic carbocycles. The maximum absolute atomic E-state index is 3.66. The van der Waals surface area contributed by atoms with Crippen LogP contribution in [0.15, 0.2) is 0 Å². The summed E-state index contributed by atoms with van der Waals surface area (Å²) in [7, 11) is 0. The molecule has 0 amide bonds. The maximum atomic E-state index is 3.66. The summed E-state index contributed by atoms with van der Waals surface area (Å²) in [5, 5.41) is 3.66. The number of rotatable bonds is 7. The molecule has 0 saturated carbocycles. The van der Waals surface area contributed by atoms with E-state index in [2.05, 4.69) is 51.8 Å². The molecule has 1 fully saturated rings. The Kier molecular flexibility index (Phi) is 6.13. The number of nitrogens with one attached hydrogen (secondary N) is 1. The lowest BCUT2D eigenvalue weighted by Crippen LogP contribution is -2.44. The Labute approximate surface area is 115 Å². The van der Waals surface area contributed by atoms with Crippen LogP contribution in [-0.4, -0.2) is 37.1 Å². The van der Waals surface area contributed by atoms with Crippen molar-refractivity contribution in [3.63, 3.8) is 0 Å². The molecule has 1 N–H and O–H groups in total. The van der Waals surface area contributed by atoms with E-state index in [-0.39, 0.29) is 0 Å². The van der Waals surface area contributed by atoms with Gasteiger partial charge in [0.2, 0.25) is 0 Å². The highest BCUT2D eigenvalue weighted by Crippen LogP contribution is 2.31. The van der Waals surface area contributed by atoms with Gasteiger partial charge in [-0.25, -0.2) is 0 Å². The average Bonchev–Trinajstić information content (AvgIpc) is 2.64. The fraction of sp³-hybridized carbons (Fsp3) is 1.00. The largest absolute Gasteiger partial charge is 0.314 e. The molecule has 2 nitrogen and oxygen atoms in total. The molecule has 1 saturated heterocycles. The van der Waals surface area contributed by atoms with E-state index in [0.717, 1.165) is 18.4 Å². The molecule has 0 radical (unpaired) electrons. The number of hydrogen-bond donors (Lipinski definition) is 1. The molecule has 1 aliphatic rings. The van der Waals surface area contributed by atoms with Crippen LogP contribution in [0.2, 0.25) is 0 Å². The third-order valence-electron chi connectivity index (χ3n) is 5.01. The van der Waals surface area contributed by atoms with E-state index in [1.807, 2.05) is 0 Å². The number of likely N-dealkylation sites (tertiary alicyclic amines) is 1. The van der Waals surface area contributed by atoms with E-state index in [1.54, 1.807) is 0 Å². The van der Waals surface area contributed by atoms with Crippen molar-refractivity contribution >= 4 is 0 Å². The van der Waals surface area contributed by atoms with Crippen LogP contribution in [0.4, 0.5) is 0 Å². The van der Waals surface area contributed by atoms with Crippen LogP contribution in [0, 0.1) is 17.3 Å². The van der Waals surface area contributed by atoms with Crippen molar-refractivity contribution in [2.75, 3.05) is 26.2 Å². The van der Waals surface area contributed by atoms with Crippen LogP contribution in [0.3, 0.4) is 0 Å². The zero-order valence-corrected chi connectivity index (χ0v) is 13.4.